The number of benzene rings is 1. The molecule has 0 radical (unpaired) electrons. The highest BCUT2D eigenvalue weighted by Gasteiger charge is 2.18. The van der Waals surface area contributed by atoms with Crippen LogP contribution in [-0.2, 0) is 6.54 Å². The molecule has 0 spiro atoms. The van der Waals surface area contributed by atoms with Gasteiger partial charge in [-0.3, -0.25) is 19.5 Å². The molecular weight excluding hydrogens is 312 g/mol. The van der Waals surface area contributed by atoms with E-state index in [1.165, 1.54) is 12.1 Å². The fraction of sp³-hybridized carbons (Fsp3) is 0.0909. The standard InChI is InChI=1S/C11H6Cl2FN3O3/c12-8-10(13)15-5-16(11(8)18)4-6-2-1-3-7(9(6)14)17(19)20/h1-3,5H,4H2. The molecule has 0 saturated heterocycles. The summed E-state index contributed by atoms with van der Waals surface area (Å²) in [7, 11) is 0. The van der Waals surface area contributed by atoms with Crippen molar-refractivity contribution in [3.8, 4) is 0 Å². The lowest BCUT2D eigenvalue weighted by molar-refractivity contribution is -0.387. The minimum Gasteiger partial charge on any atom is -0.293 e. The van der Waals surface area contributed by atoms with Crippen molar-refractivity contribution in [3.63, 3.8) is 0 Å². The van der Waals surface area contributed by atoms with Crippen molar-refractivity contribution in [2.24, 2.45) is 0 Å². The molecule has 0 amide bonds. The molecular formula is C11H6Cl2FN3O3. The Hall–Kier alpha value is -1.99. The summed E-state index contributed by atoms with van der Waals surface area (Å²) < 4.78 is 14.9. The number of hydrogen-bond acceptors (Lipinski definition) is 4. The Morgan fingerprint density at radius 3 is 2.75 bits per heavy atom. The predicted molar refractivity (Wildman–Crippen MR) is 70.7 cm³/mol. The number of aromatic nitrogens is 2. The lowest BCUT2D eigenvalue weighted by atomic mass is 10.2. The Bertz CT molecular complexity index is 748. The predicted octanol–water partition coefficient (Wildman–Crippen LogP) is 2.65. The Kier molecular flexibility index (Phi) is 4.01. The second kappa shape index (κ2) is 5.56. The SMILES string of the molecule is O=c1c(Cl)c(Cl)ncn1Cc1cccc([N+](=O)[O-])c1F. The van der Waals surface area contributed by atoms with Crippen LogP contribution in [0.25, 0.3) is 0 Å². The van der Waals surface area contributed by atoms with Crippen molar-refractivity contribution in [3.05, 3.63) is 66.6 Å². The normalized spacial score (nSPS) is 10.6. The molecule has 20 heavy (non-hydrogen) atoms. The fourth-order valence-corrected chi connectivity index (χ4v) is 1.85. The Balaban J connectivity index is 2.46. The summed E-state index contributed by atoms with van der Waals surface area (Å²) in [5.41, 5.74) is -1.34. The zero-order chi connectivity index (χ0) is 14.9. The molecule has 0 fully saturated rings. The van der Waals surface area contributed by atoms with E-state index in [0.29, 0.717) is 0 Å². The van der Waals surface area contributed by atoms with Gasteiger partial charge < -0.3 is 0 Å². The van der Waals surface area contributed by atoms with Crippen LogP contribution in [0.2, 0.25) is 10.2 Å². The largest absolute Gasteiger partial charge is 0.305 e. The highest BCUT2D eigenvalue weighted by atomic mass is 35.5. The second-order valence-corrected chi connectivity index (χ2v) is 4.53. The van der Waals surface area contributed by atoms with Crippen LogP contribution in [0.15, 0.2) is 29.3 Å². The summed E-state index contributed by atoms with van der Waals surface area (Å²) >= 11 is 11.2. The molecule has 0 unspecified atom stereocenters. The van der Waals surface area contributed by atoms with Crippen molar-refractivity contribution >= 4 is 28.9 Å². The van der Waals surface area contributed by atoms with Gasteiger partial charge in [0.2, 0.25) is 5.82 Å². The summed E-state index contributed by atoms with van der Waals surface area (Å²) in [5, 5.41) is 10.2. The first-order valence-electron chi connectivity index (χ1n) is 5.24. The van der Waals surface area contributed by atoms with Crippen molar-refractivity contribution in [2.45, 2.75) is 6.54 Å². The molecule has 104 valence electrons. The van der Waals surface area contributed by atoms with E-state index >= 15 is 0 Å². The van der Waals surface area contributed by atoms with Crippen LogP contribution < -0.4 is 5.56 Å². The van der Waals surface area contributed by atoms with Crippen LogP contribution in [0.3, 0.4) is 0 Å². The molecule has 0 bridgehead atoms. The number of nitro groups is 1. The average molecular weight is 318 g/mol. The molecule has 0 saturated carbocycles. The second-order valence-electron chi connectivity index (χ2n) is 3.79. The van der Waals surface area contributed by atoms with Gasteiger partial charge in [-0.15, -0.1) is 0 Å². The van der Waals surface area contributed by atoms with Crippen LogP contribution in [-0.4, -0.2) is 14.5 Å². The maximum absolute atomic E-state index is 13.9. The third-order valence-corrected chi connectivity index (χ3v) is 3.26. The summed E-state index contributed by atoms with van der Waals surface area (Å²) in [6.45, 7) is -0.240. The molecule has 0 N–H and O–H groups in total. The van der Waals surface area contributed by atoms with E-state index in [-0.39, 0.29) is 22.3 Å². The Labute approximate surface area is 121 Å². The summed E-state index contributed by atoms with van der Waals surface area (Å²) in [6, 6.07) is 3.69. The van der Waals surface area contributed by atoms with E-state index in [9.17, 15) is 19.3 Å². The molecule has 0 atom stereocenters. The highest BCUT2D eigenvalue weighted by Crippen LogP contribution is 2.21. The molecule has 1 heterocycles. The van der Waals surface area contributed by atoms with Crippen LogP contribution in [0, 0.1) is 15.9 Å². The first-order valence-corrected chi connectivity index (χ1v) is 5.99. The zero-order valence-electron chi connectivity index (χ0n) is 9.72. The lowest BCUT2D eigenvalue weighted by Crippen LogP contribution is -2.22. The van der Waals surface area contributed by atoms with Crippen LogP contribution in [0.5, 0.6) is 0 Å². The van der Waals surface area contributed by atoms with E-state index in [1.54, 1.807) is 0 Å². The van der Waals surface area contributed by atoms with Gasteiger partial charge in [-0.25, -0.2) is 4.98 Å². The molecule has 2 rings (SSSR count). The number of hydrogen-bond donors (Lipinski definition) is 0. The molecule has 0 aliphatic heterocycles. The van der Waals surface area contributed by atoms with Crippen LogP contribution in [0.4, 0.5) is 10.1 Å². The van der Waals surface area contributed by atoms with E-state index in [4.69, 9.17) is 23.2 Å². The number of nitro benzene ring substituents is 1. The summed E-state index contributed by atoms with van der Waals surface area (Å²) in [4.78, 5) is 25.2. The van der Waals surface area contributed by atoms with Gasteiger partial charge in [0.05, 0.1) is 17.8 Å². The molecule has 1 aromatic carbocycles. The monoisotopic (exact) mass is 317 g/mol. The number of halogens is 3. The van der Waals surface area contributed by atoms with Gasteiger partial charge in [-0.1, -0.05) is 35.3 Å². The van der Waals surface area contributed by atoms with Crippen LogP contribution in [0.1, 0.15) is 5.56 Å². The molecule has 0 aliphatic rings. The van der Waals surface area contributed by atoms with E-state index < -0.39 is 22.0 Å². The first kappa shape index (κ1) is 14.4. The molecule has 2 aromatic rings. The van der Waals surface area contributed by atoms with E-state index in [0.717, 1.165) is 17.0 Å². The topological polar surface area (TPSA) is 78.0 Å². The van der Waals surface area contributed by atoms with Gasteiger partial charge >= 0.3 is 5.69 Å². The van der Waals surface area contributed by atoms with Crippen molar-refractivity contribution in [2.75, 3.05) is 0 Å². The average Bonchev–Trinajstić information content (AvgIpc) is 2.41. The quantitative estimate of drug-likeness (QED) is 0.495. The van der Waals surface area contributed by atoms with Gasteiger partial charge in [-0.2, -0.15) is 4.39 Å². The summed E-state index contributed by atoms with van der Waals surface area (Å²) in [5.74, 6) is -1.00. The smallest absolute Gasteiger partial charge is 0.293 e. The highest BCUT2D eigenvalue weighted by molar-refractivity contribution is 6.40. The minimum absolute atomic E-state index is 0.0264. The lowest BCUT2D eigenvalue weighted by Gasteiger charge is -2.07. The molecule has 9 heteroatoms. The Morgan fingerprint density at radius 1 is 1.40 bits per heavy atom. The van der Waals surface area contributed by atoms with Crippen molar-refractivity contribution in [1.29, 1.82) is 0 Å². The summed E-state index contributed by atoms with van der Waals surface area (Å²) in [6.07, 6.45) is 1.09. The first-order chi connectivity index (χ1) is 9.41. The zero-order valence-corrected chi connectivity index (χ0v) is 11.2. The minimum atomic E-state index is -1.00. The molecule has 6 nitrogen and oxygen atoms in total. The third-order valence-electron chi connectivity index (χ3n) is 2.54. The van der Waals surface area contributed by atoms with Gasteiger partial charge in [-0.05, 0) is 0 Å². The van der Waals surface area contributed by atoms with Crippen molar-refractivity contribution < 1.29 is 9.31 Å². The maximum atomic E-state index is 13.9. The fourth-order valence-electron chi connectivity index (χ4n) is 1.57. The molecule has 0 aliphatic carbocycles. The van der Waals surface area contributed by atoms with E-state index in [1.807, 2.05) is 0 Å². The van der Waals surface area contributed by atoms with Gasteiger partial charge in [0.1, 0.15) is 5.02 Å². The van der Waals surface area contributed by atoms with Crippen LogP contribution >= 0.6 is 23.2 Å². The van der Waals surface area contributed by atoms with Gasteiger partial charge in [0.25, 0.3) is 5.56 Å². The van der Waals surface area contributed by atoms with Gasteiger partial charge in [0, 0.05) is 11.6 Å². The van der Waals surface area contributed by atoms with Gasteiger partial charge in [0.15, 0.2) is 5.15 Å². The third kappa shape index (κ3) is 2.63. The van der Waals surface area contributed by atoms with Crippen molar-refractivity contribution in [1.82, 2.24) is 9.55 Å². The van der Waals surface area contributed by atoms with E-state index in [2.05, 4.69) is 4.98 Å². The Morgan fingerprint density at radius 2 is 2.10 bits per heavy atom. The number of nitrogens with zero attached hydrogens (tertiary/aromatic N) is 3. The number of rotatable bonds is 3. The maximum Gasteiger partial charge on any atom is 0.305 e. The molecule has 1 aromatic heterocycles.